The molecule has 1 unspecified atom stereocenters. The molecule has 108 valence electrons. The molecule has 0 saturated heterocycles. The Morgan fingerprint density at radius 3 is 2.45 bits per heavy atom. The maximum atomic E-state index is 6.30. The molecule has 0 aliphatic carbocycles. The molecule has 2 rings (SSSR count). The molecule has 1 aromatic carbocycles. The van der Waals surface area contributed by atoms with Crippen LogP contribution < -0.4 is 10.1 Å². The quantitative estimate of drug-likeness (QED) is 0.921. The fraction of sp³-hybridized carbons (Fsp3) is 0.400. The molecule has 20 heavy (non-hydrogen) atoms. The summed E-state index contributed by atoms with van der Waals surface area (Å²) in [7, 11) is 5.48. The molecule has 0 fully saturated rings. The van der Waals surface area contributed by atoms with Gasteiger partial charge in [-0.1, -0.05) is 23.7 Å². The summed E-state index contributed by atoms with van der Waals surface area (Å²) in [6.07, 6.45) is 0.807. The monoisotopic (exact) mass is 293 g/mol. The highest BCUT2D eigenvalue weighted by molar-refractivity contribution is 6.30. The minimum atomic E-state index is 0.196. The predicted octanol–water partition coefficient (Wildman–Crippen LogP) is 2.89. The van der Waals surface area contributed by atoms with Gasteiger partial charge in [-0.15, -0.1) is 0 Å². The Hall–Kier alpha value is -1.52. The normalized spacial score (nSPS) is 12.4. The third-order valence-corrected chi connectivity index (χ3v) is 4.02. The van der Waals surface area contributed by atoms with E-state index in [-0.39, 0.29) is 6.04 Å². The Labute approximate surface area is 124 Å². The number of rotatable bonds is 5. The lowest BCUT2D eigenvalue weighted by Crippen LogP contribution is -2.19. The number of benzene rings is 1. The third kappa shape index (κ3) is 2.97. The van der Waals surface area contributed by atoms with Gasteiger partial charge in [0.2, 0.25) is 0 Å². The first-order valence-corrected chi connectivity index (χ1v) is 6.93. The number of methoxy groups -OCH3 is 1. The Kier molecular flexibility index (Phi) is 4.68. The van der Waals surface area contributed by atoms with Crippen LogP contribution in [0, 0.1) is 6.92 Å². The number of nitrogens with one attached hydrogen (secondary N) is 1. The number of aromatic nitrogens is 2. The lowest BCUT2D eigenvalue weighted by Gasteiger charge is -2.17. The van der Waals surface area contributed by atoms with Crippen LogP contribution in [0.5, 0.6) is 5.75 Å². The predicted molar refractivity (Wildman–Crippen MR) is 81.5 cm³/mol. The third-order valence-electron chi connectivity index (χ3n) is 3.54. The highest BCUT2D eigenvalue weighted by Gasteiger charge is 2.17. The number of hydrogen-bond donors (Lipinski definition) is 1. The van der Waals surface area contributed by atoms with Gasteiger partial charge in [-0.2, -0.15) is 5.10 Å². The van der Waals surface area contributed by atoms with Crippen molar-refractivity contribution in [3.05, 3.63) is 46.2 Å². The summed E-state index contributed by atoms with van der Waals surface area (Å²) in [6, 6.07) is 8.27. The number of aryl methyl sites for hydroxylation is 2. The van der Waals surface area contributed by atoms with Crippen molar-refractivity contribution in [3.63, 3.8) is 0 Å². The summed E-state index contributed by atoms with van der Waals surface area (Å²) >= 11 is 6.30. The van der Waals surface area contributed by atoms with Crippen molar-refractivity contribution < 1.29 is 4.74 Å². The Balaban J connectivity index is 2.23. The SMILES string of the molecule is CNC(Cc1c(C)nn(C)c1Cl)c1ccc(OC)cc1. The molecule has 0 bridgehead atoms. The highest BCUT2D eigenvalue weighted by Crippen LogP contribution is 2.26. The molecule has 4 nitrogen and oxygen atoms in total. The fourth-order valence-corrected chi connectivity index (χ4v) is 2.58. The van der Waals surface area contributed by atoms with Crippen LogP contribution in [0.2, 0.25) is 5.15 Å². The Bertz CT molecular complexity index is 578. The number of halogens is 1. The van der Waals surface area contributed by atoms with Gasteiger partial charge in [0.1, 0.15) is 10.9 Å². The van der Waals surface area contributed by atoms with Gasteiger partial charge >= 0.3 is 0 Å². The lowest BCUT2D eigenvalue weighted by molar-refractivity contribution is 0.414. The summed E-state index contributed by atoms with van der Waals surface area (Å²) in [5.41, 5.74) is 3.27. The molecule has 0 aliphatic heterocycles. The van der Waals surface area contributed by atoms with Crippen molar-refractivity contribution in [3.8, 4) is 5.75 Å². The second-order valence-corrected chi connectivity index (χ2v) is 5.15. The first kappa shape index (κ1) is 14.9. The summed E-state index contributed by atoms with van der Waals surface area (Å²) in [5, 5.41) is 8.39. The molecule has 1 heterocycles. The van der Waals surface area contributed by atoms with E-state index in [0.717, 1.165) is 23.4 Å². The van der Waals surface area contributed by atoms with Crippen LogP contribution in [0.15, 0.2) is 24.3 Å². The summed E-state index contributed by atoms with van der Waals surface area (Å²) < 4.78 is 6.90. The standard InChI is InChI=1S/C15H20ClN3O/c1-10-13(15(16)19(3)18-10)9-14(17-2)11-5-7-12(20-4)8-6-11/h5-8,14,17H,9H2,1-4H3. The first-order valence-electron chi connectivity index (χ1n) is 6.56. The van der Waals surface area contributed by atoms with Crippen LogP contribution in [0.4, 0.5) is 0 Å². The van der Waals surface area contributed by atoms with Crippen LogP contribution in [-0.4, -0.2) is 23.9 Å². The van der Waals surface area contributed by atoms with Crippen LogP contribution in [0.25, 0.3) is 0 Å². The topological polar surface area (TPSA) is 39.1 Å². The average molecular weight is 294 g/mol. The van der Waals surface area contributed by atoms with Crippen molar-refractivity contribution in [1.82, 2.24) is 15.1 Å². The molecule has 0 spiro atoms. The second kappa shape index (κ2) is 6.29. The largest absolute Gasteiger partial charge is 0.497 e. The molecular formula is C15H20ClN3O. The number of ether oxygens (including phenoxy) is 1. The lowest BCUT2D eigenvalue weighted by atomic mass is 9.99. The molecule has 0 aliphatic rings. The van der Waals surface area contributed by atoms with Crippen molar-refractivity contribution >= 4 is 11.6 Å². The molecule has 0 saturated carbocycles. The van der Waals surface area contributed by atoms with Crippen molar-refractivity contribution in [2.24, 2.45) is 7.05 Å². The van der Waals surface area contributed by atoms with Gasteiger partial charge in [-0.3, -0.25) is 4.68 Å². The van der Waals surface area contributed by atoms with Gasteiger partial charge in [-0.25, -0.2) is 0 Å². The van der Waals surface area contributed by atoms with Crippen LogP contribution >= 0.6 is 11.6 Å². The van der Waals surface area contributed by atoms with Gasteiger partial charge in [0.25, 0.3) is 0 Å². The van der Waals surface area contributed by atoms with E-state index in [0.29, 0.717) is 5.15 Å². The van der Waals surface area contributed by atoms with Crippen molar-refractivity contribution in [1.29, 1.82) is 0 Å². The molecule has 0 amide bonds. The summed E-state index contributed by atoms with van der Waals surface area (Å²) in [4.78, 5) is 0. The van der Waals surface area contributed by atoms with Gasteiger partial charge in [0.15, 0.2) is 0 Å². The minimum Gasteiger partial charge on any atom is -0.497 e. The smallest absolute Gasteiger partial charge is 0.130 e. The van der Waals surface area contributed by atoms with E-state index in [4.69, 9.17) is 16.3 Å². The summed E-state index contributed by atoms with van der Waals surface area (Å²) in [6.45, 7) is 1.99. The molecule has 0 radical (unpaired) electrons. The number of hydrogen-bond acceptors (Lipinski definition) is 3. The van der Waals surface area contributed by atoms with E-state index in [1.807, 2.05) is 33.2 Å². The van der Waals surface area contributed by atoms with E-state index < -0.39 is 0 Å². The maximum Gasteiger partial charge on any atom is 0.130 e. The minimum absolute atomic E-state index is 0.196. The molecule has 1 N–H and O–H groups in total. The van der Waals surface area contributed by atoms with E-state index >= 15 is 0 Å². The van der Waals surface area contributed by atoms with Crippen LogP contribution in [-0.2, 0) is 13.5 Å². The van der Waals surface area contributed by atoms with Gasteiger partial charge < -0.3 is 10.1 Å². The van der Waals surface area contributed by atoms with E-state index in [9.17, 15) is 0 Å². The van der Waals surface area contributed by atoms with E-state index in [1.165, 1.54) is 5.56 Å². The maximum absolute atomic E-state index is 6.30. The average Bonchev–Trinajstić information content (AvgIpc) is 2.70. The molecular weight excluding hydrogens is 274 g/mol. The van der Waals surface area contributed by atoms with E-state index in [1.54, 1.807) is 11.8 Å². The zero-order chi connectivity index (χ0) is 14.7. The van der Waals surface area contributed by atoms with Crippen molar-refractivity contribution in [2.75, 3.05) is 14.2 Å². The van der Waals surface area contributed by atoms with Gasteiger partial charge in [-0.05, 0) is 38.1 Å². The first-order chi connectivity index (χ1) is 9.56. The molecule has 1 aromatic heterocycles. The highest BCUT2D eigenvalue weighted by atomic mass is 35.5. The van der Waals surface area contributed by atoms with E-state index in [2.05, 4.69) is 22.5 Å². The zero-order valence-electron chi connectivity index (χ0n) is 12.3. The van der Waals surface area contributed by atoms with Crippen LogP contribution in [0.3, 0.4) is 0 Å². The number of likely N-dealkylation sites (N-methyl/N-ethyl adjacent to an activating group) is 1. The second-order valence-electron chi connectivity index (χ2n) is 4.80. The molecule has 1 atom stereocenters. The number of nitrogens with zero attached hydrogens (tertiary/aromatic N) is 2. The van der Waals surface area contributed by atoms with Crippen molar-refractivity contribution in [2.45, 2.75) is 19.4 Å². The fourth-order valence-electron chi connectivity index (χ4n) is 2.33. The molecule has 5 heteroatoms. The zero-order valence-corrected chi connectivity index (χ0v) is 13.0. The Morgan fingerprint density at radius 2 is 2.00 bits per heavy atom. The van der Waals surface area contributed by atoms with Gasteiger partial charge in [0, 0.05) is 18.7 Å². The molecule has 2 aromatic rings. The van der Waals surface area contributed by atoms with Gasteiger partial charge in [0.05, 0.1) is 12.8 Å². The Morgan fingerprint density at radius 1 is 1.35 bits per heavy atom. The van der Waals surface area contributed by atoms with Crippen LogP contribution in [0.1, 0.15) is 22.9 Å². The summed E-state index contributed by atoms with van der Waals surface area (Å²) in [5.74, 6) is 0.860.